The van der Waals surface area contributed by atoms with Crippen LogP contribution >= 0.6 is 0 Å². The lowest BCUT2D eigenvalue weighted by Gasteiger charge is -1.59. The van der Waals surface area contributed by atoms with Crippen LogP contribution in [0.2, 0.25) is 0 Å². The van der Waals surface area contributed by atoms with Crippen LogP contribution in [-0.4, -0.2) is 13.3 Å². The van der Waals surface area contributed by atoms with Crippen LogP contribution in [0, 0.1) is 12.8 Å². The monoisotopic (exact) mass is 128 g/mol. The molecule has 0 amide bonds. The van der Waals surface area contributed by atoms with Crippen molar-refractivity contribution in [3.05, 3.63) is 0 Å². The SMILES string of the molecule is C#C.F.O=S(O)O. The highest BCUT2D eigenvalue weighted by atomic mass is 32.2. The predicted octanol–water partition coefficient (Wildman–Crippen LogP) is 0.0830. The van der Waals surface area contributed by atoms with Crippen molar-refractivity contribution in [2.75, 3.05) is 0 Å². The summed E-state index contributed by atoms with van der Waals surface area (Å²) in [6.45, 7) is 0. The highest BCUT2D eigenvalue weighted by Gasteiger charge is 1.62. The molecule has 0 aliphatic heterocycles. The van der Waals surface area contributed by atoms with Crippen LogP contribution in [0.3, 0.4) is 0 Å². The summed E-state index contributed by atoms with van der Waals surface area (Å²) >= 11 is -2.61. The van der Waals surface area contributed by atoms with Gasteiger partial charge in [0.2, 0.25) is 0 Å². The van der Waals surface area contributed by atoms with Gasteiger partial charge in [0.1, 0.15) is 0 Å². The molecule has 0 aliphatic rings. The molecule has 7 heavy (non-hydrogen) atoms. The summed E-state index contributed by atoms with van der Waals surface area (Å²) in [5.41, 5.74) is 0. The Kier molecular flexibility index (Phi) is 40.3. The van der Waals surface area contributed by atoms with Gasteiger partial charge in [0.05, 0.1) is 0 Å². The molecule has 0 unspecified atom stereocenters. The first-order chi connectivity index (χ1) is 2.73. The quantitative estimate of drug-likeness (QED) is 0.359. The minimum Gasteiger partial charge on any atom is -0.284 e. The molecule has 0 aliphatic carbocycles. The van der Waals surface area contributed by atoms with Gasteiger partial charge in [0.15, 0.2) is 0 Å². The Morgan fingerprint density at radius 2 is 1.29 bits per heavy atom. The summed E-state index contributed by atoms with van der Waals surface area (Å²) in [6, 6.07) is 0. The second-order valence-electron chi connectivity index (χ2n) is 0.231. The zero-order chi connectivity index (χ0) is 5.58. The van der Waals surface area contributed by atoms with E-state index in [1.165, 1.54) is 0 Å². The Morgan fingerprint density at radius 1 is 1.29 bits per heavy atom. The van der Waals surface area contributed by atoms with Crippen LogP contribution < -0.4 is 0 Å². The van der Waals surface area contributed by atoms with Gasteiger partial charge in [0.25, 0.3) is 11.4 Å². The zero-order valence-corrected chi connectivity index (χ0v) is 4.09. The van der Waals surface area contributed by atoms with Crippen LogP contribution in [-0.2, 0) is 11.4 Å². The molecule has 0 aromatic carbocycles. The zero-order valence-electron chi connectivity index (χ0n) is 3.27. The fraction of sp³-hybridized carbons (Fsp3) is 0. The summed E-state index contributed by atoms with van der Waals surface area (Å²) in [5, 5.41) is 0. The van der Waals surface area contributed by atoms with Gasteiger partial charge in [-0.2, -0.15) is 4.21 Å². The lowest BCUT2D eigenvalue weighted by molar-refractivity contribution is 0.454. The molecule has 0 spiro atoms. The first kappa shape index (κ1) is 16.0. The molecule has 0 fully saturated rings. The first-order valence-electron chi connectivity index (χ1n) is 0.865. The summed E-state index contributed by atoms with van der Waals surface area (Å²) in [5.74, 6) is 0. The van der Waals surface area contributed by atoms with Crippen LogP contribution in [0.5, 0.6) is 0 Å². The molecule has 0 radical (unpaired) electrons. The molecule has 0 heterocycles. The van der Waals surface area contributed by atoms with Crippen LogP contribution in [0.4, 0.5) is 4.70 Å². The number of hydrogen-bond acceptors (Lipinski definition) is 1. The summed E-state index contributed by atoms with van der Waals surface area (Å²) in [4.78, 5) is 0. The maximum atomic E-state index is 8.67. The highest BCUT2D eigenvalue weighted by molar-refractivity contribution is 7.73. The average molecular weight is 128 g/mol. The van der Waals surface area contributed by atoms with E-state index in [0.717, 1.165) is 0 Å². The molecule has 2 N–H and O–H groups in total. The number of rotatable bonds is 0. The largest absolute Gasteiger partial charge is 0.299 e. The Bertz CT molecular complexity index is 57.2. The lowest BCUT2D eigenvalue weighted by atomic mass is 11.4. The van der Waals surface area contributed by atoms with Gasteiger partial charge < -0.3 is 0 Å². The van der Waals surface area contributed by atoms with E-state index in [4.69, 9.17) is 13.3 Å². The van der Waals surface area contributed by atoms with E-state index in [2.05, 4.69) is 12.8 Å². The fourth-order valence-corrected chi connectivity index (χ4v) is 0. The molecule has 0 saturated carbocycles. The third-order valence-corrected chi connectivity index (χ3v) is 0. The van der Waals surface area contributed by atoms with E-state index in [1.54, 1.807) is 0 Å². The van der Waals surface area contributed by atoms with Crippen LogP contribution in [0.1, 0.15) is 0 Å². The van der Waals surface area contributed by atoms with Gasteiger partial charge in [-0.1, -0.05) is 0 Å². The van der Waals surface area contributed by atoms with Gasteiger partial charge in [-0.15, -0.1) is 12.8 Å². The smallest absolute Gasteiger partial charge is 0.284 e. The number of terminal acetylenes is 1. The van der Waals surface area contributed by atoms with E-state index >= 15 is 0 Å². The molecule has 0 atom stereocenters. The van der Waals surface area contributed by atoms with Crippen molar-refractivity contribution in [3.8, 4) is 12.8 Å². The third kappa shape index (κ3) is 364. The van der Waals surface area contributed by atoms with Gasteiger partial charge in [-0.3, -0.25) is 13.8 Å². The Balaban J connectivity index is -0.0000000480. The predicted molar refractivity (Wildman–Crippen MR) is 25.8 cm³/mol. The minimum atomic E-state index is -2.61. The normalized spacial score (nSPS) is 5.29. The van der Waals surface area contributed by atoms with Gasteiger partial charge >= 0.3 is 0 Å². The molecule has 0 aromatic heterocycles. The maximum Gasteiger partial charge on any atom is 0.299 e. The second kappa shape index (κ2) is 17.6. The first-order valence-corrected chi connectivity index (χ1v) is 1.93. The van der Waals surface area contributed by atoms with Crippen molar-refractivity contribution in [3.63, 3.8) is 0 Å². The van der Waals surface area contributed by atoms with Crippen LogP contribution in [0.15, 0.2) is 0 Å². The van der Waals surface area contributed by atoms with Crippen molar-refractivity contribution in [1.29, 1.82) is 0 Å². The Labute approximate surface area is 43.2 Å². The second-order valence-corrected chi connectivity index (χ2v) is 0.692. The summed E-state index contributed by atoms with van der Waals surface area (Å²) in [7, 11) is 0. The van der Waals surface area contributed by atoms with Crippen molar-refractivity contribution in [1.82, 2.24) is 0 Å². The fourth-order valence-electron chi connectivity index (χ4n) is 0. The Morgan fingerprint density at radius 3 is 1.29 bits per heavy atom. The molecule has 44 valence electrons. The lowest BCUT2D eigenvalue weighted by Crippen LogP contribution is -1.74. The third-order valence-electron chi connectivity index (χ3n) is 0. The molecule has 5 heteroatoms. The van der Waals surface area contributed by atoms with E-state index in [-0.39, 0.29) is 4.70 Å². The molecule has 0 bridgehead atoms. The van der Waals surface area contributed by atoms with Crippen molar-refractivity contribution in [2.45, 2.75) is 0 Å². The van der Waals surface area contributed by atoms with Crippen molar-refractivity contribution in [2.24, 2.45) is 0 Å². The number of halogens is 1. The van der Waals surface area contributed by atoms with E-state index in [0.29, 0.717) is 0 Å². The summed E-state index contributed by atoms with van der Waals surface area (Å²) in [6.07, 6.45) is 8.00. The van der Waals surface area contributed by atoms with Gasteiger partial charge in [0, 0.05) is 0 Å². The van der Waals surface area contributed by atoms with Crippen molar-refractivity contribution >= 4 is 11.4 Å². The molecule has 3 nitrogen and oxygen atoms in total. The van der Waals surface area contributed by atoms with Gasteiger partial charge in [-0.05, 0) is 0 Å². The van der Waals surface area contributed by atoms with E-state index in [9.17, 15) is 0 Å². The molecule has 0 saturated heterocycles. The van der Waals surface area contributed by atoms with E-state index < -0.39 is 11.4 Å². The molecular weight excluding hydrogens is 123 g/mol. The number of hydrogen-bond donors (Lipinski definition) is 2. The van der Waals surface area contributed by atoms with E-state index in [1.807, 2.05) is 0 Å². The minimum absolute atomic E-state index is 0. The maximum absolute atomic E-state index is 8.67. The molecule has 0 aromatic rings. The van der Waals surface area contributed by atoms with Gasteiger partial charge in [-0.25, -0.2) is 0 Å². The summed E-state index contributed by atoms with van der Waals surface area (Å²) < 4.78 is 22.8. The Hall–Kier alpha value is -0.440. The molecule has 0 rings (SSSR count). The van der Waals surface area contributed by atoms with Crippen molar-refractivity contribution < 1.29 is 18.0 Å². The standard InChI is InChI=1S/C2H2.FH.H2O3S/c1-2;;1-4(2)3/h1-2H;1H;(H2,1,2,3). The highest BCUT2D eigenvalue weighted by Crippen LogP contribution is 1.44. The average Bonchev–Trinajstić information content (AvgIpc) is 1.41. The topological polar surface area (TPSA) is 57.5 Å². The van der Waals surface area contributed by atoms with Crippen LogP contribution in [0.25, 0.3) is 0 Å². The molecular formula is C2H5FO3S.